The normalized spacial score (nSPS) is 14.0. The Morgan fingerprint density at radius 1 is 1.16 bits per heavy atom. The second-order valence-electron chi connectivity index (χ2n) is 7.53. The molecule has 3 rings (SSSR count). The molecule has 2 aromatic rings. The van der Waals surface area contributed by atoms with Gasteiger partial charge < -0.3 is 10.1 Å². The Morgan fingerprint density at radius 2 is 1.90 bits per heavy atom. The van der Waals surface area contributed by atoms with Crippen molar-refractivity contribution in [3.63, 3.8) is 0 Å². The van der Waals surface area contributed by atoms with E-state index in [1.165, 1.54) is 30.9 Å². The maximum absolute atomic E-state index is 13.5. The number of carbonyl (C=O) groups excluding carboxylic acids is 1. The summed E-state index contributed by atoms with van der Waals surface area (Å²) in [6.45, 7) is 1.91. The summed E-state index contributed by atoms with van der Waals surface area (Å²) in [5.41, 5.74) is 2.32. The third-order valence-electron chi connectivity index (χ3n) is 5.20. The van der Waals surface area contributed by atoms with Gasteiger partial charge in [-0.2, -0.15) is 0 Å². The molecule has 2 aromatic carbocycles. The number of sulfonamides is 1. The molecule has 0 bridgehead atoms. The van der Waals surface area contributed by atoms with Crippen molar-refractivity contribution in [2.24, 2.45) is 0 Å². The lowest BCUT2D eigenvalue weighted by molar-refractivity contribution is -0.119. The first-order valence-electron chi connectivity index (χ1n) is 10.2. The molecule has 0 aliphatic heterocycles. The van der Waals surface area contributed by atoms with Crippen LogP contribution in [0.1, 0.15) is 31.2 Å². The molecule has 1 amide bonds. The van der Waals surface area contributed by atoms with Crippen molar-refractivity contribution in [1.29, 1.82) is 0 Å². The fourth-order valence-corrected chi connectivity index (χ4v) is 5.05. The van der Waals surface area contributed by atoms with E-state index < -0.39 is 15.9 Å². The van der Waals surface area contributed by atoms with E-state index in [0.717, 1.165) is 35.6 Å². The molecule has 8 heteroatoms. The number of anilines is 1. The summed E-state index contributed by atoms with van der Waals surface area (Å²) in [5.74, 6) is -0.0907. The first kappa shape index (κ1) is 23.2. The lowest BCUT2D eigenvalue weighted by atomic mass is 10.00. The Labute approximate surface area is 188 Å². The zero-order valence-electron chi connectivity index (χ0n) is 17.7. The fraction of sp³-hybridized carbons (Fsp3) is 0.348. The second kappa shape index (κ2) is 10.2. The molecular formula is C23H27ClN2O4S. The number of ether oxygens (including phenoxy) is 1. The lowest BCUT2D eigenvalue weighted by Gasteiger charge is -2.26. The molecule has 0 heterocycles. The van der Waals surface area contributed by atoms with E-state index in [1.54, 1.807) is 24.3 Å². The largest absolute Gasteiger partial charge is 0.495 e. The first-order chi connectivity index (χ1) is 14.8. The number of hydrogen-bond acceptors (Lipinski definition) is 4. The summed E-state index contributed by atoms with van der Waals surface area (Å²) in [7, 11) is -2.60. The van der Waals surface area contributed by atoms with Crippen LogP contribution < -0.4 is 14.4 Å². The molecule has 0 fully saturated rings. The molecule has 0 saturated heterocycles. The summed E-state index contributed by atoms with van der Waals surface area (Å²) in [6.07, 6.45) is 6.38. The maximum atomic E-state index is 13.5. The topological polar surface area (TPSA) is 75.7 Å². The van der Waals surface area contributed by atoms with Crippen molar-refractivity contribution < 1.29 is 17.9 Å². The van der Waals surface area contributed by atoms with E-state index in [2.05, 4.69) is 11.4 Å². The number of amides is 1. The van der Waals surface area contributed by atoms with Crippen LogP contribution in [0.25, 0.3) is 0 Å². The molecule has 0 radical (unpaired) electrons. The number of methoxy groups -OCH3 is 1. The summed E-state index contributed by atoms with van der Waals surface area (Å²) in [6, 6.07) is 11.2. The average Bonchev–Trinajstić information content (AvgIpc) is 2.77. The Bertz CT molecular complexity index is 1070. The van der Waals surface area contributed by atoms with E-state index in [0.29, 0.717) is 17.3 Å². The Balaban J connectivity index is 1.92. The summed E-state index contributed by atoms with van der Waals surface area (Å²) < 4.78 is 33.4. The van der Waals surface area contributed by atoms with Crippen molar-refractivity contribution in [3.05, 3.63) is 64.7 Å². The van der Waals surface area contributed by atoms with Gasteiger partial charge in [0.2, 0.25) is 5.91 Å². The molecule has 1 aliphatic rings. The van der Waals surface area contributed by atoms with Crippen molar-refractivity contribution in [1.82, 2.24) is 5.32 Å². The van der Waals surface area contributed by atoms with Crippen LogP contribution >= 0.6 is 11.6 Å². The molecule has 0 aromatic heterocycles. The number of carbonyl (C=O) groups is 1. The van der Waals surface area contributed by atoms with Gasteiger partial charge in [0.15, 0.2) is 0 Å². The Kier molecular flexibility index (Phi) is 7.62. The van der Waals surface area contributed by atoms with Crippen molar-refractivity contribution in [3.8, 4) is 5.75 Å². The zero-order chi connectivity index (χ0) is 22.4. The molecule has 1 N–H and O–H groups in total. The van der Waals surface area contributed by atoms with Crippen LogP contribution in [-0.4, -0.2) is 34.5 Å². The van der Waals surface area contributed by atoms with E-state index in [9.17, 15) is 13.2 Å². The van der Waals surface area contributed by atoms with E-state index >= 15 is 0 Å². The minimum Gasteiger partial charge on any atom is -0.495 e. The van der Waals surface area contributed by atoms with Gasteiger partial charge in [0.05, 0.1) is 17.7 Å². The van der Waals surface area contributed by atoms with Crippen LogP contribution in [0, 0.1) is 6.92 Å². The van der Waals surface area contributed by atoms with Gasteiger partial charge in [0.1, 0.15) is 12.3 Å². The molecule has 0 atom stereocenters. The number of nitrogens with zero attached hydrogens (tertiary/aromatic N) is 1. The van der Waals surface area contributed by atoms with Gasteiger partial charge in [-0.3, -0.25) is 9.10 Å². The molecule has 0 saturated carbocycles. The Morgan fingerprint density at radius 3 is 2.55 bits per heavy atom. The Hall–Kier alpha value is -2.51. The second-order valence-corrected chi connectivity index (χ2v) is 9.82. The van der Waals surface area contributed by atoms with Crippen molar-refractivity contribution in [2.75, 3.05) is 24.5 Å². The van der Waals surface area contributed by atoms with Gasteiger partial charge in [0.25, 0.3) is 10.0 Å². The highest BCUT2D eigenvalue weighted by Gasteiger charge is 2.29. The van der Waals surface area contributed by atoms with E-state index in [1.807, 2.05) is 6.92 Å². The summed E-state index contributed by atoms with van der Waals surface area (Å²) in [4.78, 5) is 12.9. The maximum Gasteiger partial charge on any atom is 0.264 e. The van der Waals surface area contributed by atoms with Gasteiger partial charge in [-0.25, -0.2) is 8.42 Å². The first-order valence-corrected chi connectivity index (χ1v) is 12.0. The van der Waals surface area contributed by atoms with Crippen LogP contribution in [0.5, 0.6) is 5.75 Å². The van der Waals surface area contributed by atoms with Gasteiger partial charge in [0, 0.05) is 11.6 Å². The number of allylic oxidation sites excluding steroid dienone is 1. The van der Waals surface area contributed by atoms with Gasteiger partial charge >= 0.3 is 0 Å². The van der Waals surface area contributed by atoms with Crippen LogP contribution in [0.4, 0.5) is 5.69 Å². The molecule has 0 unspecified atom stereocenters. The third kappa shape index (κ3) is 5.80. The molecule has 31 heavy (non-hydrogen) atoms. The number of benzene rings is 2. The number of rotatable bonds is 8. The minimum atomic E-state index is -4.04. The molecule has 0 spiro atoms. The smallest absolute Gasteiger partial charge is 0.264 e. The molecule has 1 aliphatic carbocycles. The van der Waals surface area contributed by atoms with Crippen molar-refractivity contribution in [2.45, 2.75) is 37.5 Å². The van der Waals surface area contributed by atoms with Crippen molar-refractivity contribution >= 4 is 33.2 Å². The molecule has 6 nitrogen and oxygen atoms in total. The summed E-state index contributed by atoms with van der Waals surface area (Å²) >= 11 is 6.15. The monoisotopic (exact) mass is 462 g/mol. The van der Waals surface area contributed by atoms with Gasteiger partial charge in [-0.05, 0) is 62.9 Å². The van der Waals surface area contributed by atoms with Gasteiger partial charge in [-0.15, -0.1) is 0 Å². The molecular weight excluding hydrogens is 436 g/mol. The minimum absolute atomic E-state index is 0.0860. The lowest BCUT2D eigenvalue weighted by Crippen LogP contribution is -2.41. The highest BCUT2D eigenvalue weighted by atomic mass is 35.5. The fourth-order valence-electron chi connectivity index (χ4n) is 3.46. The quantitative estimate of drug-likeness (QED) is 0.587. The number of hydrogen-bond donors (Lipinski definition) is 1. The highest BCUT2D eigenvalue weighted by molar-refractivity contribution is 7.92. The number of aryl methyl sites for hydroxylation is 1. The number of halogens is 1. The third-order valence-corrected chi connectivity index (χ3v) is 7.21. The van der Waals surface area contributed by atoms with Gasteiger partial charge in [-0.1, -0.05) is 40.9 Å². The van der Waals surface area contributed by atoms with Crippen LogP contribution in [-0.2, 0) is 14.8 Å². The average molecular weight is 463 g/mol. The molecule has 166 valence electrons. The number of nitrogens with one attached hydrogen (secondary N) is 1. The van der Waals surface area contributed by atoms with Crippen LogP contribution in [0.2, 0.25) is 5.02 Å². The van der Waals surface area contributed by atoms with E-state index in [-0.39, 0.29) is 17.1 Å². The summed E-state index contributed by atoms with van der Waals surface area (Å²) in [5, 5.41) is 3.19. The van der Waals surface area contributed by atoms with Crippen LogP contribution in [0.15, 0.2) is 59.0 Å². The van der Waals surface area contributed by atoms with Crippen LogP contribution in [0.3, 0.4) is 0 Å². The van der Waals surface area contributed by atoms with E-state index in [4.69, 9.17) is 16.3 Å². The predicted molar refractivity (Wildman–Crippen MR) is 123 cm³/mol. The predicted octanol–water partition coefficient (Wildman–Crippen LogP) is 4.47. The zero-order valence-corrected chi connectivity index (χ0v) is 19.3. The highest BCUT2D eigenvalue weighted by Crippen LogP contribution is 2.34. The standard InChI is InChI=1S/C23H27ClN2O4S/c1-17-8-11-20(12-9-17)31(28,29)26(21-14-19(24)10-13-22(21)30-2)16-23(27)25-15-18-6-4-3-5-7-18/h6,8-14H,3-5,7,15-16H2,1-2H3,(H,25,27). The SMILES string of the molecule is COc1ccc(Cl)cc1N(CC(=O)NCC1=CCCCC1)S(=O)(=O)c1ccc(C)cc1.